The quantitative estimate of drug-likeness (QED) is 0.240. The molecule has 3 N–H and O–H groups in total. The molecule has 0 spiro atoms. The number of hydrazine groups is 1. The summed E-state index contributed by atoms with van der Waals surface area (Å²) >= 11 is 0. The molecule has 1 saturated carbocycles. The molecule has 1 aliphatic rings. The van der Waals surface area contributed by atoms with Crippen LogP contribution >= 0.6 is 0 Å². The van der Waals surface area contributed by atoms with Gasteiger partial charge in [-0.1, -0.05) is 95.2 Å². The van der Waals surface area contributed by atoms with Gasteiger partial charge in [-0.15, -0.1) is 0 Å². The number of aromatic nitrogens is 1. The Bertz CT molecular complexity index is 1030. The smallest absolute Gasteiger partial charge is 0.247 e. The molecule has 0 radical (unpaired) electrons. The number of hydrogen-bond donors (Lipinski definition) is 3. The Morgan fingerprint density at radius 2 is 1.69 bits per heavy atom. The van der Waals surface area contributed by atoms with E-state index in [0.717, 1.165) is 24.0 Å². The van der Waals surface area contributed by atoms with Crippen molar-refractivity contribution < 1.29 is 19.6 Å². The monoisotopic (exact) mass is 536 g/mol. The maximum Gasteiger partial charge on any atom is 0.247 e. The molecule has 39 heavy (non-hydrogen) atoms. The van der Waals surface area contributed by atoms with Gasteiger partial charge in [-0.3, -0.25) is 30.0 Å². The first-order chi connectivity index (χ1) is 18.9. The second kappa shape index (κ2) is 16.0. The fourth-order valence-corrected chi connectivity index (χ4v) is 5.61. The van der Waals surface area contributed by atoms with Crippen LogP contribution in [-0.2, 0) is 27.3 Å². The van der Waals surface area contributed by atoms with Gasteiger partial charge in [0.2, 0.25) is 17.7 Å². The van der Waals surface area contributed by atoms with E-state index in [4.69, 9.17) is 0 Å². The highest BCUT2D eigenvalue weighted by atomic mass is 16.5. The number of benzene rings is 1. The molecule has 8 heteroatoms. The Kier molecular flexibility index (Phi) is 12.4. The number of amides is 3. The summed E-state index contributed by atoms with van der Waals surface area (Å²) in [7, 11) is 0. The van der Waals surface area contributed by atoms with Crippen molar-refractivity contribution in [3.63, 3.8) is 0 Å². The fraction of sp³-hybridized carbons (Fsp3) is 0.548. The number of rotatable bonds is 13. The minimum Gasteiger partial charge on any atom is -0.289 e. The molecule has 0 unspecified atom stereocenters. The average molecular weight is 537 g/mol. The molecule has 1 aliphatic carbocycles. The number of hydroxylamine groups is 1. The van der Waals surface area contributed by atoms with Crippen LogP contribution in [0.3, 0.4) is 0 Å². The average Bonchev–Trinajstić information content (AvgIpc) is 2.95. The lowest BCUT2D eigenvalue weighted by Crippen LogP contribution is -2.51. The molecule has 0 aliphatic heterocycles. The van der Waals surface area contributed by atoms with Gasteiger partial charge in [-0.2, -0.15) is 0 Å². The van der Waals surface area contributed by atoms with E-state index in [1.165, 1.54) is 37.1 Å². The molecule has 1 aromatic carbocycles. The van der Waals surface area contributed by atoms with E-state index >= 15 is 0 Å². The molecule has 3 amide bonds. The molecule has 1 fully saturated rings. The molecule has 8 nitrogen and oxygen atoms in total. The third kappa shape index (κ3) is 10.1. The van der Waals surface area contributed by atoms with Gasteiger partial charge in [0, 0.05) is 12.4 Å². The lowest BCUT2D eigenvalue weighted by Gasteiger charge is -2.30. The van der Waals surface area contributed by atoms with Gasteiger partial charge in [0.05, 0.1) is 24.8 Å². The Morgan fingerprint density at radius 3 is 2.33 bits per heavy atom. The van der Waals surface area contributed by atoms with Crippen LogP contribution in [0.4, 0.5) is 0 Å². The van der Waals surface area contributed by atoms with E-state index in [1.807, 2.05) is 50.2 Å². The van der Waals surface area contributed by atoms with Gasteiger partial charge in [0.15, 0.2) is 0 Å². The van der Waals surface area contributed by atoms with Crippen LogP contribution in [0.15, 0.2) is 54.9 Å². The van der Waals surface area contributed by atoms with Crippen LogP contribution in [0.5, 0.6) is 0 Å². The minimum absolute atomic E-state index is 0.0811. The highest BCUT2D eigenvalue weighted by Gasteiger charge is 2.35. The number of nitrogens with zero attached hydrogens (tertiary/aromatic N) is 2. The zero-order chi connectivity index (χ0) is 28.0. The van der Waals surface area contributed by atoms with Crippen molar-refractivity contribution >= 4 is 17.7 Å². The molecule has 0 bridgehead atoms. The molecule has 0 saturated heterocycles. The SMILES string of the molecule is CC(C)C[C@@H](C(=O)NN(Cc1ccccc1)C(=O)Cc1cccnc1)[C@H](CCCC1CCCCC1)C(=O)NO. The standard InChI is InChI=1S/C31H44N4O4/c1-23(2)19-28(27(31(38)34-39)17-9-15-24-11-5-3-6-12-24)30(37)33-35(22-25-13-7-4-8-14-25)29(36)20-26-16-10-18-32-21-26/h4,7-8,10,13-14,16,18,21,23-24,27-28,39H,3,5-6,9,11-12,15,17,19-20,22H2,1-2H3,(H,33,37)(H,34,38)/t27-,28+/m0/s1. The summed E-state index contributed by atoms with van der Waals surface area (Å²) in [5.41, 5.74) is 6.27. The van der Waals surface area contributed by atoms with E-state index < -0.39 is 17.7 Å². The predicted octanol–water partition coefficient (Wildman–Crippen LogP) is 5.22. The normalized spacial score (nSPS) is 15.4. The van der Waals surface area contributed by atoms with Gasteiger partial charge in [-0.05, 0) is 41.9 Å². The number of pyridine rings is 1. The van der Waals surface area contributed by atoms with Crippen molar-refractivity contribution in [1.82, 2.24) is 20.9 Å². The minimum atomic E-state index is -0.687. The van der Waals surface area contributed by atoms with Crippen LogP contribution in [0, 0.1) is 23.7 Å². The summed E-state index contributed by atoms with van der Waals surface area (Å²) in [6.07, 6.45) is 12.4. The van der Waals surface area contributed by atoms with Crippen molar-refractivity contribution in [2.24, 2.45) is 23.7 Å². The van der Waals surface area contributed by atoms with Gasteiger partial charge >= 0.3 is 0 Å². The Morgan fingerprint density at radius 1 is 0.974 bits per heavy atom. The van der Waals surface area contributed by atoms with Gasteiger partial charge < -0.3 is 0 Å². The Labute approximate surface area is 232 Å². The van der Waals surface area contributed by atoms with Crippen LogP contribution in [0.2, 0.25) is 0 Å². The van der Waals surface area contributed by atoms with E-state index in [0.29, 0.717) is 18.8 Å². The third-order valence-corrected chi connectivity index (χ3v) is 7.65. The maximum atomic E-state index is 13.8. The number of hydrogen-bond acceptors (Lipinski definition) is 5. The molecule has 1 aromatic heterocycles. The largest absolute Gasteiger partial charge is 0.289 e. The number of carbonyl (C=O) groups excluding carboxylic acids is 3. The summed E-state index contributed by atoms with van der Waals surface area (Å²) in [6, 6.07) is 13.1. The lowest BCUT2D eigenvalue weighted by atomic mass is 9.79. The van der Waals surface area contributed by atoms with E-state index in [9.17, 15) is 19.6 Å². The highest BCUT2D eigenvalue weighted by molar-refractivity contribution is 5.89. The zero-order valence-electron chi connectivity index (χ0n) is 23.4. The molecular weight excluding hydrogens is 492 g/mol. The van der Waals surface area contributed by atoms with Crippen molar-refractivity contribution in [1.29, 1.82) is 0 Å². The summed E-state index contributed by atoms with van der Waals surface area (Å²) < 4.78 is 0. The van der Waals surface area contributed by atoms with Crippen molar-refractivity contribution in [3.05, 3.63) is 66.0 Å². The van der Waals surface area contributed by atoms with Crippen molar-refractivity contribution in [3.8, 4) is 0 Å². The molecule has 2 aromatic rings. The first kappa shape index (κ1) is 30.3. The Hall–Kier alpha value is -3.26. The molecule has 2 atom stereocenters. The fourth-order valence-electron chi connectivity index (χ4n) is 5.61. The first-order valence-electron chi connectivity index (χ1n) is 14.3. The molecule has 1 heterocycles. The predicted molar refractivity (Wildman–Crippen MR) is 150 cm³/mol. The summed E-state index contributed by atoms with van der Waals surface area (Å²) in [4.78, 5) is 44.1. The molecular formula is C31H44N4O4. The summed E-state index contributed by atoms with van der Waals surface area (Å²) in [5, 5.41) is 10.9. The summed E-state index contributed by atoms with van der Waals surface area (Å²) in [5.74, 6) is -1.77. The van der Waals surface area contributed by atoms with E-state index in [2.05, 4.69) is 10.4 Å². The topological polar surface area (TPSA) is 112 Å². The number of carbonyl (C=O) groups is 3. The van der Waals surface area contributed by atoms with Crippen molar-refractivity contribution in [2.75, 3.05) is 0 Å². The van der Waals surface area contributed by atoms with Crippen LogP contribution < -0.4 is 10.9 Å². The molecule has 3 rings (SSSR count). The van der Waals surface area contributed by atoms with Crippen LogP contribution in [-0.4, -0.2) is 32.9 Å². The number of nitrogens with one attached hydrogen (secondary N) is 2. The van der Waals surface area contributed by atoms with E-state index in [-0.39, 0.29) is 30.7 Å². The highest BCUT2D eigenvalue weighted by Crippen LogP contribution is 2.31. The van der Waals surface area contributed by atoms with Crippen LogP contribution in [0.1, 0.15) is 82.8 Å². The maximum absolute atomic E-state index is 13.8. The molecule has 212 valence electrons. The zero-order valence-corrected chi connectivity index (χ0v) is 23.4. The third-order valence-electron chi connectivity index (χ3n) is 7.65. The second-order valence-corrected chi connectivity index (χ2v) is 11.2. The van der Waals surface area contributed by atoms with Gasteiger partial charge in [-0.25, -0.2) is 10.5 Å². The van der Waals surface area contributed by atoms with Gasteiger partial charge in [0.25, 0.3) is 0 Å². The van der Waals surface area contributed by atoms with Crippen LogP contribution in [0.25, 0.3) is 0 Å². The second-order valence-electron chi connectivity index (χ2n) is 11.2. The Balaban J connectivity index is 1.77. The summed E-state index contributed by atoms with van der Waals surface area (Å²) in [6.45, 7) is 4.20. The van der Waals surface area contributed by atoms with Crippen molar-refractivity contribution in [2.45, 2.75) is 84.6 Å². The first-order valence-corrected chi connectivity index (χ1v) is 14.3. The van der Waals surface area contributed by atoms with Gasteiger partial charge in [0.1, 0.15) is 0 Å². The van der Waals surface area contributed by atoms with E-state index in [1.54, 1.807) is 23.9 Å². The lowest BCUT2D eigenvalue weighted by molar-refractivity contribution is -0.148.